The van der Waals surface area contributed by atoms with Crippen LogP contribution in [0.1, 0.15) is 39.0 Å². The number of aliphatic hydroxyl groups is 1. The van der Waals surface area contributed by atoms with Crippen molar-refractivity contribution in [3.8, 4) is 11.1 Å². The molecule has 0 heterocycles. The number of thioether (sulfide) groups is 1. The molecule has 1 amide bonds. The van der Waals surface area contributed by atoms with Crippen molar-refractivity contribution in [3.05, 3.63) is 94.5 Å². The molecule has 3 aromatic carbocycles. The van der Waals surface area contributed by atoms with Gasteiger partial charge in [0.15, 0.2) is 0 Å². The van der Waals surface area contributed by atoms with E-state index in [2.05, 4.69) is 5.32 Å². The number of hydrogen-bond acceptors (Lipinski definition) is 5. The van der Waals surface area contributed by atoms with Crippen LogP contribution >= 0.6 is 11.8 Å². The van der Waals surface area contributed by atoms with Gasteiger partial charge in [-0.15, -0.1) is 0 Å². The van der Waals surface area contributed by atoms with Crippen molar-refractivity contribution in [3.63, 3.8) is 0 Å². The third kappa shape index (κ3) is 7.18. The number of aryl methyl sites for hydroxylation is 1. The van der Waals surface area contributed by atoms with Gasteiger partial charge in [-0.3, -0.25) is 4.79 Å². The summed E-state index contributed by atoms with van der Waals surface area (Å²) in [6.45, 7) is 2.61. The Hall–Kier alpha value is -3.13. The average Bonchev–Trinajstić information content (AvgIpc) is 2.86. The van der Waals surface area contributed by atoms with Crippen molar-refractivity contribution in [1.82, 2.24) is 5.32 Å². The average molecular weight is 494 g/mol. The lowest BCUT2D eigenvalue weighted by Crippen LogP contribution is -2.41. The van der Waals surface area contributed by atoms with Crippen molar-refractivity contribution in [1.29, 1.82) is 0 Å². The van der Waals surface area contributed by atoms with Gasteiger partial charge in [-0.25, -0.2) is 4.79 Å². The van der Waals surface area contributed by atoms with Gasteiger partial charge in [0, 0.05) is 5.56 Å². The van der Waals surface area contributed by atoms with Gasteiger partial charge in [-0.05, 0) is 70.9 Å². The van der Waals surface area contributed by atoms with Gasteiger partial charge in [0.05, 0.1) is 19.8 Å². The Balaban J connectivity index is 1.85. The molecule has 35 heavy (non-hydrogen) atoms. The number of carbonyl (C=O) groups excluding carboxylic acids is 1. The number of nitrogens with one attached hydrogen (secondary N) is 1. The number of benzene rings is 3. The molecule has 6 nitrogen and oxygen atoms in total. The molecule has 0 fully saturated rings. The van der Waals surface area contributed by atoms with E-state index >= 15 is 0 Å². The van der Waals surface area contributed by atoms with E-state index < -0.39 is 17.9 Å². The fourth-order valence-corrected chi connectivity index (χ4v) is 4.31. The summed E-state index contributed by atoms with van der Waals surface area (Å²) in [5, 5.41) is 21.7. The minimum absolute atomic E-state index is 0.0466. The summed E-state index contributed by atoms with van der Waals surface area (Å²) < 4.78 is 5.92. The fourth-order valence-electron chi connectivity index (χ4n) is 3.84. The fraction of sp³-hybridized carbons (Fsp3) is 0.286. The van der Waals surface area contributed by atoms with Crippen molar-refractivity contribution >= 4 is 23.6 Å². The van der Waals surface area contributed by atoms with Crippen LogP contribution in [0.4, 0.5) is 0 Å². The third-order valence-electron chi connectivity index (χ3n) is 5.79. The summed E-state index contributed by atoms with van der Waals surface area (Å²) in [6, 6.07) is 19.9. The largest absolute Gasteiger partial charge is 0.480 e. The minimum atomic E-state index is -1.04. The number of aliphatic hydroxyl groups excluding tert-OH is 1. The van der Waals surface area contributed by atoms with Gasteiger partial charge in [-0.2, -0.15) is 11.8 Å². The lowest BCUT2D eigenvalue weighted by atomic mass is 9.93. The second-order valence-corrected chi connectivity index (χ2v) is 9.25. The van der Waals surface area contributed by atoms with Crippen molar-refractivity contribution in [2.45, 2.75) is 39.2 Å². The summed E-state index contributed by atoms with van der Waals surface area (Å²) >= 11 is 1.54. The number of hydrogen-bond donors (Lipinski definition) is 3. The number of carboxylic acids is 1. The summed E-state index contributed by atoms with van der Waals surface area (Å²) in [6.07, 6.45) is 2.25. The Labute approximate surface area is 210 Å². The highest BCUT2D eigenvalue weighted by molar-refractivity contribution is 7.98. The molecule has 7 heteroatoms. The standard InChI is InChI=1S/C28H31NO5S/c1-19-7-3-6-10-23(19)25-15-20(17-34-18-22-9-5-4-8-21(22)16-30)11-12-24(25)27(31)29-26(28(32)33)13-14-35-2/h3-12,15,26,30H,13-14,16-18H2,1-2H3,(H,29,31)(H,32,33). The van der Waals surface area contributed by atoms with Crippen LogP contribution in [0.25, 0.3) is 11.1 Å². The Kier molecular flexibility index (Phi) is 9.90. The van der Waals surface area contributed by atoms with Gasteiger partial charge in [0.1, 0.15) is 6.04 Å². The molecule has 3 rings (SSSR count). The van der Waals surface area contributed by atoms with E-state index in [4.69, 9.17) is 4.74 Å². The van der Waals surface area contributed by atoms with Crippen molar-refractivity contribution < 1.29 is 24.5 Å². The van der Waals surface area contributed by atoms with Crippen LogP contribution in [-0.4, -0.2) is 40.1 Å². The van der Waals surface area contributed by atoms with E-state index in [0.29, 0.717) is 31.0 Å². The number of ether oxygens (including phenoxy) is 1. The SMILES string of the molecule is CSCCC(NC(=O)c1ccc(COCc2ccccc2CO)cc1-c1ccccc1C)C(=O)O. The Morgan fingerprint density at radius 3 is 2.37 bits per heavy atom. The van der Waals surface area contributed by atoms with E-state index in [9.17, 15) is 19.8 Å². The minimum Gasteiger partial charge on any atom is -0.480 e. The molecule has 184 valence electrons. The van der Waals surface area contributed by atoms with Gasteiger partial charge in [0.2, 0.25) is 0 Å². The van der Waals surface area contributed by atoms with E-state index in [1.165, 1.54) is 11.8 Å². The summed E-state index contributed by atoms with van der Waals surface area (Å²) in [5.41, 5.74) is 5.70. The molecule has 0 saturated heterocycles. The maximum Gasteiger partial charge on any atom is 0.326 e. The molecule has 0 bridgehead atoms. The monoisotopic (exact) mass is 493 g/mol. The second kappa shape index (κ2) is 13.1. The molecule has 0 saturated carbocycles. The Bertz CT molecular complexity index is 1160. The van der Waals surface area contributed by atoms with Gasteiger partial charge >= 0.3 is 5.97 Å². The van der Waals surface area contributed by atoms with Crippen LogP contribution in [0.3, 0.4) is 0 Å². The zero-order valence-electron chi connectivity index (χ0n) is 20.0. The first-order valence-electron chi connectivity index (χ1n) is 11.4. The zero-order valence-corrected chi connectivity index (χ0v) is 20.8. The summed E-state index contributed by atoms with van der Waals surface area (Å²) in [5.74, 6) is -0.823. The molecule has 1 atom stereocenters. The number of carbonyl (C=O) groups is 2. The van der Waals surface area contributed by atoms with Crippen molar-refractivity contribution in [2.24, 2.45) is 0 Å². The van der Waals surface area contributed by atoms with Crippen molar-refractivity contribution in [2.75, 3.05) is 12.0 Å². The molecule has 0 aliphatic rings. The lowest BCUT2D eigenvalue weighted by Gasteiger charge is -2.18. The molecule has 0 radical (unpaired) electrons. The topological polar surface area (TPSA) is 95.9 Å². The van der Waals surface area contributed by atoms with Gasteiger partial charge in [0.25, 0.3) is 5.91 Å². The molecule has 0 aliphatic heterocycles. The first-order chi connectivity index (χ1) is 16.9. The van der Waals surface area contributed by atoms with Gasteiger partial charge < -0.3 is 20.3 Å². The molecule has 3 N–H and O–H groups in total. The molecule has 0 spiro atoms. The first kappa shape index (κ1) is 26.5. The van der Waals surface area contributed by atoms with Crippen LogP contribution in [0.2, 0.25) is 0 Å². The van der Waals surface area contributed by atoms with Gasteiger partial charge in [-0.1, -0.05) is 54.6 Å². The van der Waals surface area contributed by atoms with E-state index in [0.717, 1.165) is 33.4 Å². The predicted molar refractivity (Wildman–Crippen MR) is 139 cm³/mol. The Morgan fingerprint density at radius 2 is 1.69 bits per heavy atom. The normalized spacial score (nSPS) is 11.7. The van der Waals surface area contributed by atoms with Crippen LogP contribution in [0.15, 0.2) is 66.7 Å². The predicted octanol–water partition coefficient (Wildman–Crippen LogP) is 4.81. The second-order valence-electron chi connectivity index (χ2n) is 8.26. The molecule has 3 aromatic rings. The zero-order chi connectivity index (χ0) is 25.2. The van der Waals surface area contributed by atoms with Crippen LogP contribution < -0.4 is 5.32 Å². The maximum absolute atomic E-state index is 13.2. The van der Waals surface area contributed by atoms with E-state index in [1.807, 2.05) is 73.8 Å². The highest BCUT2D eigenvalue weighted by atomic mass is 32.2. The number of aliphatic carboxylic acids is 1. The summed E-state index contributed by atoms with van der Waals surface area (Å²) in [4.78, 5) is 24.8. The molecular weight excluding hydrogens is 462 g/mol. The van der Waals surface area contributed by atoms with Crippen LogP contribution in [0.5, 0.6) is 0 Å². The first-order valence-corrected chi connectivity index (χ1v) is 12.8. The van der Waals surface area contributed by atoms with E-state index in [-0.39, 0.29) is 6.61 Å². The molecular formula is C28H31NO5S. The molecule has 0 aliphatic carbocycles. The van der Waals surface area contributed by atoms with E-state index in [1.54, 1.807) is 6.07 Å². The molecule has 1 unspecified atom stereocenters. The van der Waals surface area contributed by atoms with Crippen LogP contribution in [-0.2, 0) is 29.4 Å². The number of carboxylic acid groups (broad SMARTS) is 1. The van der Waals surface area contributed by atoms with Crippen LogP contribution in [0, 0.1) is 6.92 Å². The molecule has 0 aromatic heterocycles. The number of amides is 1. The quantitative estimate of drug-likeness (QED) is 0.335. The number of rotatable bonds is 12. The third-order valence-corrected chi connectivity index (χ3v) is 6.44. The lowest BCUT2D eigenvalue weighted by molar-refractivity contribution is -0.139. The Morgan fingerprint density at radius 1 is 0.971 bits per heavy atom. The highest BCUT2D eigenvalue weighted by Crippen LogP contribution is 2.29. The highest BCUT2D eigenvalue weighted by Gasteiger charge is 2.22. The maximum atomic E-state index is 13.2. The summed E-state index contributed by atoms with van der Waals surface area (Å²) in [7, 11) is 0. The smallest absolute Gasteiger partial charge is 0.326 e.